The summed E-state index contributed by atoms with van der Waals surface area (Å²) in [5.41, 5.74) is 2.58. The molecule has 0 bridgehead atoms. The standard InChI is InChI=1S/C16H21ClN4O2/c1-11(18-7-16(8-22)9-23-10-16)15-12(2)21(20-19-15)14-5-3-4-13(17)6-14/h3-6,11,18,22H,7-10H2,1-2H3. The van der Waals surface area contributed by atoms with Crippen molar-refractivity contribution in [1.82, 2.24) is 20.3 Å². The van der Waals surface area contributed by atoms with E-state index in [0.717, 1.165) is 17.1 Å². The molecular formula is C16H21ClN4O2. The number of aliphatic hydroxyl groups is 1. The van der Waals surface area contributed by atoms with Crippen molar-refractivity contribution in [3.8, 4) is 5.69 Å². The van der Waals surface area contributed by atoms with Crippen molar-refractivity contribution in [3.63, 3.8) is 0 Å². The number of aromatic nitrogens is 3. The number of hydrogen-bond donors (Lipinski definition) is 2. The van der Waals surface area contributed by atoms with Crippen LogP contribution in [-0.2, 0) is 4.74 Å². The van der Waals surface area contributed by atoms with Crippen LogP contribution in [0.2, 0.25) is 5.02 Å². The first-order chi connectivity index (χ1) is 11.0. The van der Waals surface area contributed by atoms with Gasteiger partial charge in [0.05, 0.1) is 42.7 Å². The summed E-state index contributed by atoms with van der Waals surface area (Å²) < 4.78 is 7.00. The quantitative estimate of drug-likeness (QED) is 0.843. The molecule has 7 heteroatoms. The molecule has 3 rings (SSSR count). The van der Waals surface area contributed by atoms with Gasteiger partial charge in [0.2, 0.25) is 0 Å². The highest BCUT2D eigenvalue weighted by atomic mass is 35.5. The zero-order valence-electron chi connectivity index (χ0n) is 13.3. The first kappa shape index (κ1) is 16.4. The Kier molecular flexibility index (Phi) is 4.68. The van der Waals surface area contributed by atoms with Gasteiger partial charge in [0.1, 0.15) is 5.69 Å². The third kappa shape index (κ3) is 3.26. The van der Waals surface area contributed by atoms with Gasteiger partial charge in [-0.05, 0) is 32.0 Å². The largest absolute Gasteiger partial charge is 0.396 e. The fourth-order valence-electron chi connectivity index (χ4n) is 2.70. The second kappa shape index (κ2) is 6.57. The molecule has 1 aromatic heterocycles. The lowest BCUT2D eigenvalue weighted by atomic mass is 9.86. The Bertz CT molecular complexity index is 679. The fraction of sp³-hybridized carbons (Fsp3) is 0.500. The number of hydrogen-bond acceptors (Lipinski definition) is 5. The average Bonchev–Trinajstić information content (AvgIpc) is 2.88. The number of aliphatic hydroxyl groups excluding tert-OH is 1. The van der Waals surface area contributed by atoms with Crippen molar-refractivity contribution in [2.75, 3.05) is 26.4 Å². The number of benzene rings is 1. The van der Waals surface area contributed by atoms with Crippen LogP contribution in [0.5, 0.6) is 0 Å². The Morgan fingerprint density at radius 2 is 2.26 bits per heavy atom. The van der Waals surface area contributed by atoms with E-state index in [2.05, 4.69) is 15.6 Å². The van der Waals surface area contributed by atoms with Crippen molar-refractivity contribution in [2.45, 2.75) is 19.9 Å². The molecule has 2 N–H and O–H groups in total. The predicted molar refractivity (Wildman–Crippen MR) is 87.9 cm³/mol. The summed E-state index contributed by atoms with van der Waals surface area (Å²) in [6, 6.07) is 7.56. The van der Waals surface area contributed by atoms with E-state index in [0.29, 0.717) is 24.8 Å². The maximum absolute atomic E-state index is 9.49. The third-order valence-electron chi connectivity index (χ3n) is 4.33. The highest BCUT2D eigenvalue weighted by molar-refractivity contribution is 6.30. The van der Waals surface area contributed by atoms with Gasteiger partial charge in [-0.15, -0.1) is 5.10 Å². The number of ether oxygens (including phenoxy) is 1. The van der Waals surface area contributed by atoms with Gasteiger partial charge in [0.15, 0.2) is 0 Å². The van der Waals surface area contributed by atoms with Crippen LogP contribution in [-0.4, -0.2) is 46.5 Å². The molecule has 124 valence electrons. The Balaban J connectivity index is 1.73. The highest BCUT2D eigenvalue weighted by Gasteiger charge is 2.38. The number of nitrogens with one attached hydrogen (secondary N) is 1. The minimum absolute atomic E-state index is 0.0342. The molecule has 6 nitrogen and oxygen atoms in total. The van der Waals surface area contributed by atoms with Crippen LogP contribution in [0.25, 0.3) is 5.69 Å². The van der Waals surface area contributed by atoms with Gasteiger partial charge in [-0.2, -0.15) is 0 Å². The molecule has 1 fully saturated rings. The Morgan fingerprint density at radius 3 is 2.87 bits per heavy atom. The number of rotatable bonds is 6. The Hall–Kier alpha value is -1.47. The zero-order valence-corrected chi connectivity index (χ0v) is 14.0. The van der Waals surface area contributed by atoms with E-state index in [1.807, 2.05) is 38.1 Å². The summed E-state index contributed by atoms with van der Waals surface area (Å²) in [6.45, 7) is 6.04. The topological polar surface area (TPSA) is 72.2 Å². The number of nitrogens with zero attached hydrogens (tertiary/aromatic N) is 3. The molecule has 23 heavy (non-hydrogen) atoms. The van der Waals surface area contributed by atoms with Crippen molar-refractivity contribution in [1.29, 1.82) is 0 Å². The van der Waals surface area contributed by atoms with Crippen LogP contribution in [0.15, 0.2) is 24.3 Å². The van der Waals surface area contributed by atoms with E-state index in [9.17, 15) is 5.11 Å². The summed E-state index contributed by atoms with van der Waals surface area (Å²) in [7, 11) is 0. The molecule has 0 saturated carbocycles. The summed E-state index contributed by atoms with van der Waals surface area (Å²) in [5, 5.41) is 22.1. The monoisotopic (exact) mass is 336 g/mol. The predicted octanol–water partition coefficient (Wildman–Crippen LogP) is 1.89. The van der Waals surface area contributed by atoms with Crippen molar-refractivity contribution >= 4 is 11.6 Å². The summed E-state index contributed by atoms with van der Waals surface area (Å²) in [6.07, 6.45) is 0. The molecule has 0 spiro atoms. The van der Waals surface area contributed by atoms with Crippen LogP contribution in [0.4, 0.5) is 0 Å². The van der Waals surface area contributed by atoms with E-state index in [-0.39, 0.29) is 18.1 Å². The Morgan fingerprint density at radius 1 is 1.48 bits per heavy atom. The van der Waals surface area contributed by atoms with Gasteiger partial charge in [-0.3, -0.25) is 0 Å². The van der Waals surface area contributed by atoms with Crippen LogP contribution in [0, 0.1) is 12.3 Å². The molecule has 2 aromatic rings. The lowest BCUT2D eigenvalue weighted by Crippen LogP contribution is -2.52. The molecule has 1 aliphatic heterocycles. The SMILES string of the molecule is Cc1c(C(C)NCC2(CO)COC2)nnn1-c1cccc(Cl)c1. The minimum atomic E-state index is -0.162. The molecule has 1 unspecified atom stereocenters. The molecule has 0 radical (unpaired) electrons. The first-order valence-electron chi connectivity index (χ1n) is 7.65. The molecule has 1 aliphatic rings. The first-order valence-corrected chi connectivity index (χ1v) is 8.03. The van der Waals surface area contributed by atoms with Crippen LogP contribution < -0.4 is 5.32 Å². The summed E-state index contributed by atoms with van der Waals surface area (Å²) in [5.74, 6) is 0. The molecule has 1 aromatic carbocycles. The molecule has 1 saturated heterocycles. The molecule has 2 heterocycles. The second-order valence-electron chi connectivity index (χ2n) is 6.21. The van der Waals surface area contributed by atoms with Crippen LogP contribution in [0.1, 0.15) is 24.4 Å². The smallest absolute Gasteiger partial charge is 0.103 e. The highest BCUT2D eigenvalue weighted by Crippen LogP contribution is 2.27. The molecule has 1 atom stereocenters. The zero-order chi connectivity index (χ0) is 16.4. The lowest BCUT2D eigenvalue weighted by Gasteiger charge is -2.40. The van der Waals surface area contributed by atoms with Crippen LogP contribution in [0.3, 0.4) is 0 Å². The molecule has 0 aliphatic carbocycles. The molecular weight excluding hydrogens is 316 g/mol. The maximum Gasteiger partial charge on any atom is 0.103 e. The second-order valence-corrected chi connectivity index (χ2v) is 6.64. The van der Waals surface area contributed by atoms with Crippen molar-refractivity contribution < 1.29 is 9.84 Å². The van der Waals surface area contributed by atoms with E-state index in [4.69, 9.17) is 16.3 Å². The van der Waals surface area contributed by atoms with Gasteiger partial charge in [0.25, 0.3) is 0 Å². The lowest BCUT2D eigenvalue weighted by molar-refractivity contribution is -0.135. The fourth-order valence-corrected chi connectivity index (χ4v) is 2.88. The van der Waals surface area contributed by atoms with E-state index >= 15 is 0 Å². The van der Waals surface area contributed by atoms with E-state index < -0.39 is 0 Å². The van der Waals surface area contributed by atoms with Crippen LogP contribution >= 0.6 is 11.6 Å². The van der Waals surface area contributed by atoms with E-state index in [1.54, 1.807) is 4.68 Å². The molecule has 0 amide bonds. The average molecular weight is 337 g/mol. The van der Waals surface area contributed by atoms with Gasteiger partial charge in [-0.25, -0.2) is 4.68 Å². The van der Waals surface area contributed by atoms with Crippen molar-refractivity contribution in [2.24, 2.45) is 5.41 Å². The number of halogens is 1. The Labute approximate surface area is 140 Å². The van der Waals surface area contributed by atoms with Gasteiger partial charge in [-0.1, -0.05) is 22.9 Å². The summed E-state index contributed by atoms with van der Waals surface area (Å²) in [4.78, 5) is 0. The minimum Gasteiger partial charge on any atom is -0.396 e. The van der Waals surface area contributed by atoms with Gasteiger partial charge < -0.3 is 15.2 Å². The normalized spacial score (nSPS) is 17.7. The van der Waals surface area contributed by atoms with E-state index in [1.165, 1.54) is 0 Å². The summed E-state index contributed by atoms with van der Waals surface area (Å²) >= 11 is 6.05. The third-order valence-corrected chi connectivity index (χ3v) is 4.56. The van der Waals surface area contributed by atoms with Gasteiger partial charge in [0, 0.05) is 11.6 Å². The van der Waals surface area contributed by atoms with Crippen molar-refractivity contribution in [3.05, 3.63) is 40.7 Å². The maximum atomic E-state index is 9.49. The van der Waals surface area contributed by atoms with Gasteiger partial charge >= 0.3 is 0 Å².